The third kappa shape index (κ3) is 29.3. The van der Waals surface area contributed by atoms with E-state index >= 15 is 0 Å². The predicted octanol–water partition coefficient (Wildman–Crippen LogP) is 21.7. The van der Waals surface area contributed by atoms with Gasteiger partial charge in [-0.05, 0) is 88.9 Å². The number of carbonyl (C=O) groups excluding carboxylic acids is 8. The van der Waals surface area contributed by atoms with Gasteiger partial charge in [-0.1, -0.05) is 308 Å². The number of hydrogen-bond donors (Lipinski definition) is 3. The van der Waals surface area contributed by atoms with Gasteiger partial charge in [0.15, 0.2) is 34.7 Å². The van der Waals surface area contributed by atoms with Gasteiger partial charge in [-0.3, -0.25) is 54.1 Å². The van der Waals surface area contributed by atoms with Crippen molar-refractivity contribution in [3.05, 3.63) is 212 Å². The van der Waals surface area contributed by atoms with Crippen LogP contribution in [0.15, 0.2) is 146 Å². The van der Waals surface area contributed by atoms with Crippen LogP contribution in [0, 0.1) is 35.5 Å². The highest BCUT2D eigenvalue weighted by Crippen LogP contribution is 2.37. The van der Waals surface area contributed by atoms with Crippen LogP contribution in [0.4, 0.5) is 0 Å². The molecular weight excluding hydrogens is 1340 g/mol. The molecule has 0 radical (unpaired) electrons. The summed E-state index contributed by atoms with van der Waals surface area (Å²) in [5.41, 5.74) is 6.07. The van der Waals surface area contributed by atoms with Crippen molar-refractivity contribution in [3.8, 4) is 0 Å². The second kappa shape index (κ2) is 49.1. The molecule has 0 bridgehead atoms. The average molecular weight is 1460 g/mol. The molecule has 12 rings (SSSR count). The van der Waals surface area contributed by atoms with Crippen LogP contribution in [0.1, 0.15) is 325 Å². The smallest absolute Gasteiger partial charge is 0.302 e. The fraction of sp³-hybridized carbons (Fsp3) is 0.511. The molecule has 16 heteroatoms. The minimum Gasteiger partial charge on any atom is -0.469 e. The summed E-state index contributed by atoms with van der Waals surface area (Å²) in [6.07, 6.45) is 34.8. The molecule has 2 atom stereocenters. The van der Waals surface area contributed by atoms with Crippen molar-refractivity contribution >= 4 is 46.6 Å². The third-order valence-electron chi connectivity index (χ3n) is 20.8. The van der Waals surface area contributed by atoms with Gasteiger partial charge in [0.2, 0.25) is 0 Å². The van der Waals surface area contributed by atoms with E-state index in [9.17, 15) is 38.4 Å². The second-order valence-electron chi connectivity index (χ2n) is 29.4. The number of unbranched alkanes of at least 4 members (excludes halogenated alkanes) is 6. The fourth-order valence-corrected chi connectivity index (χ4v) is 14.7. The van der Waals surface area contributed by atoms with E-state index in [1.165, 1.54) is 175 Å². The fourth-order valence-electron chi connectivity index (χ4n) is 14.7. The highest BCUT2D eigenvalue weighted by molar-refractivity contribution is 6.30. The zero-order chi connectivity index (χ0) is 77.3. The number of rotatable bonds is 21. The van der Waals surface area contributed by atoms with Gasteiger partial charge < -0.3 is 9.47 Å². The number of ether oxygens (including phenoxy) is 2. The van der Waals surface area contributed by atoms with Crippen molar-refractivity contribution in [2.24, 2.45) is 35.5 Å². The van der Waals surface area contributed by atoms with Crippen LogP contribution >= 0.6 is 0 Å². The maximum Gasteiger partial charge on any atom is 0.302 e. The maximum atomic E-state index is 12.1. The summed E-state index contributed by atoms with van der Waals surface area (Å²) in [5.74, 6) is 4.33. The minimum absolute atomic E-state index is 0.0154. The molecule has 0 heterocycles. The van der Waals surface area contributed by atoms with Crippen LogP contribution in [-0.4, -0.2) is 94.4 Å². The standard InChI is InChI=1S/3C14H8O2.C14H26O2.2C14H28O2.C3H6O2.C3H8O2/c3*15-13-9-5-1-2-6-10(9)14(16)12-8-4-3-7-11(12)13;1-3-4-5-6-13-7-9-14(10-8-13)11-16-12(2)15;2*1-3-4-5-6-13-7-9-14(10-8-13)11-12(2)16-15;1-3(4)5-2;1-3(2)5-4/h3*1-8H;13-14H,3-11H2,1-2H3;2*12-15H,3-11H2,1-2H3;1-2H3;3-4H,1-2H3. The lowest BCUT2D eigenvalue weighted by molar-refractivity contribution is -0.277. The van der Waals surface area contributed by atoms with E-state index < -0.39 is 0 Å². The van der Waals surface area contributed by atoms with E-state index in [-0.39, 0.29) is 64.9 Å². The first-order valence-corrected chi connectivity index (χ1v) is 39.1. The molecule has 106 heavy (non-hydrogen) atoms. The topological polar surface area (TPSA) is 243 Å². The van der Waals surface area contributed by atoms with E-state index in [1.54, 1.807) is 159 Å². The molecule has 6 aromatic rings. The molecule has 0 aliphatic heterocycles. The predicted molar refractivity (Wildman–Crippen MR) is 417 cm³/mol. The quantitative estimate of drug-likeness (QED) is 0.0262. The largest absolute Gasteiger partial charge is 0.469 e. The van der Waals surface area contributed by atoms with E-state index in [2.05, 4.69) is 40.2 Å². The molecule has 0 saturated heterocycles. The van der Waals surface area contributed by atoms with Crippen molar-refractivity contribution in [2.45, 2.75) is 248 Å². The Morgan fingerprint density at radius 2 is 0.519 bits per heavy atom. The Bertz CT molecular complexity index is 3040. The average Bonchev–Trinajstić information content (AvgIpc) is 0.782. The van der Waals surface area contributed by atoms with Gasteiger partial charge in [-0.2, -0.15) is 0 Å². The van der Waals surface area contributed by atoms with E-state index in [1.807, 2.05) is 13.8 Å². The van der Waals surface area contributed by atoms with Gasteiger partial charge in [-0.15, -0.1) is 0 Å². The molecule has 0 aromatic heterocycles. The van der Waals surface area contributed by atoms with Crippen molar-refractivity contribution in [1.82, 2.24) is 0 Å². The van der Waals surface area contributed by atoms with Gasteiger partial charge in [0, 0.05) is 80.6 Å². The highest BCUT2D eigenvalue weighted by Gasteiger charge is 2.32. The molecule has 16 nitrogen and oxygen atoms in total. The monoisotopic (exact) mass is 1460 g/mol. The lowest BCUT2D eigenvalue weighted by Gasteiger charge is -2.29. The Balaban J connectivity index is 0.000000222. The lowest BCUT2D eigenvalue weighted by Crippen LogP contribution is -2.20. The van der Waals surface area contributed by atoms with Gasteiger partial charge in [0.1, 0.15) is 0 Å². The summed E-state index contributed by atoms with van der Waals surface area (Å²) in [5, 5.41) is 24.8. The molecule has 0 spiro atoms. The van der Waals surface area contributed by atoms with Crippen molar-refractivity contribution in [1.29, 1.82) is 0 Å². The van der Waals surface area contributed by atoms with Crippen LogP contribution in [0.2, 0.25) is 0 Å². The normalized spacial score (nSPS) is 19.0. The summed E-state index contributed by atoms with van der Waals surface area (Å²) in [6.45, 7) is 17.7. The van der Waals surface area contributed by atoms with Crippen molar-refractivity contribution in [2.75, 3.05) is 13.7 Å². The summed E-state index contributed by atoms with van der Waals surface area (Å²) >= 11 is 0. The molecule has 3 saturated carbocycles. The Labute approximate surface area is 630 Å². The molecule has 576 valence electrons. The number of esters is 2. The van der Waals surface area contributed by atoms with Crippen LogP contribution in [0.3, 0.4) is 0 Å². The molecule has 3 N–H and O–H groups in total. The van der Waals surface area contributed by atoms with E-state index in [0.29, 0.717) is 79.3 Å². The lowest BCUT2D eigenvalue weighted by atomic mass is 9.78. The van der Waals surface area contributed by atoms with E-state index in [0.717, 1.165) is 42.4 Å². The van der Waals surface area contributed by atoms with Gasteiger partial charge in [-0.25, -0.2) is 14.7 Å². The molecule has 6 aliphatic carbocycles. The summed E-state index contributed by atoms with van der Waals surface area (Å²) in [4.78, 5) is 105. The molecule has 3 fully saturated rings. The van der Waals surface area contributed by atoms with Gasteiger partial charge in [0.05, 0.1) is 32.0 Å². The van der Waals surface area contributed by atoms with Crippen molar-refractivity contribution < 1.29 is 78.3 Å². The number of ketones is 6. The number of fused-ring (bicyclic) bond motifs is 6. The van der Waals surface area contributed by atoms with Gasteiger partial charge in [0.25, 0.3) is 0 Å². The van der Waals surface area contributed by atoms with E-state index in [4.69, 9.17) is 20.5 Å². The number of carbonyl (C=O) groups is 8. The zero-order valence-corrected chi connectivity index (χ0v) is 64.8. The summed E-state index contributed by atoms with van der Waals surface area (Å²) in [6, 6.07) is 41.7. The first-order valence-electron chi connectivity index (χ1n) is 39.1. The van der Waals surface area contributed by atoms with Crippen LogP contribution in [0.25, 0.3) is 0 Å². The minimum atomic E-state index is -0.245. The molecule has 2 unspecified atom stereocenters. The molecule has 0 amide bonds. The number of hydrogen-bond acceptors (Lipinski definition) is 16. The SMILES string of the molecule is CC(C)OO.CCCCCC1CCC(CC(C)OO)CC1.CCCCCC1CCC(CC(C)OO)CC1.CCCCCC1CCC(COC(C)=O)CC1.COC(C)=O.O=C1c2ccccc2C(=O)c2ccccc21.O=C1c2ccccc2C(=O)c2ccccc21.O=C1c2ccccc2C(=O)c2ccccc21. The second-order valence-corrected chi connectivity index (χ2v) is 29.4. The first-order chi connectivity index (χ1) is 51.1. The number of benzene rings is 6. The number of methoxy groups -OCH3 is 1. The zero-order valence-electron chi connectivity index (χ0n) is 64.8. The summed E-state index contributed by atoms with van der Waals surface area (Å²) in [7, 11) is 1.35. The van der Waals surface area contributed by atoms with Crippen LogP contribution in [-0.2, 0) is 33.7 Å². The van der Waals surface area contributed by atoms with Gasteiger partial charge >= 0.3 is 11.9 Å². The summed E-state index contributed by atoms with van der Waals surface area (Å²) < 4.78 is 9.19. The maximum absolute atomic E-state index is 12.1. The van der Waals surface area contributed by atoms with Crippen LogP contribution < -0.4 is 0 Å². The van der Waals surface area contributed by atoms with Crippen molar-refractivity contribution in [3.63, 3.8) is 0 Å². The molecular formula is C90H120O16. The van der Waals surface area contributed by atoms with Crippen LogP contribution in [0.5, 0.6) is 0 Å². The first kappa shape index (κ1) is 88.7. The Morgan fingerprint density at radius 1 is 0.330 bits per heavy atom. The highest BCUT2D eigenvalue weighted by atomic mass is 17.1. The Morgan fingerprint density at radius 3 is 0.679 bits per heavy atom. The molecule has 6 aliphatic rings. The molecule has 6 aromatic carbocycles. The third-order valence-corrected chi connectivity index (χ3v) is 20.8. The Kier molecular flexibility index (Phi) is 41.1. The Hall–Kier alpha value is -7.96.